The third-order valence-corrected chi connectivity index (χ3v) is 4.00. The number of piperidine rings is 1. The van der Waals surface area contributed by atoms with E-state index in [0.29, 0.717) is 29.7 Å². The Hall–Kier alpha value is -0.240. The van der Waals surface area contributed by atoms with E-state index in [0.717, 1.165) is 25.8 Å². The van der Waals surface area contributed by atoms with Crippen LogP contribution in [-0.4, -0.2) is 29.3 Å². The van der Waals surface area contributed by atoms with Gasteiger partial charge in [0.1, 0.15) is 0 Å². The molecule has 1 saturated heterocycles. The van der Waals surface area contributed by atoms with Crippen molar-refractivity contribution < 1.29 is 4.79 Å². The third kappa shape index (κ3) is 2.47. The average Bonchev–Trinajstić information content (AvgIpc) is 2.96. The van der Waals surface area contributed by atoms with Crippen LogP contribution in [-0.2, 0) is 4.79 Å². The molecular formula is C12H20ClNO. The van der Waals surface area contributed by atoms with E-state index in [1.165, 1.54) is 12.8 Å². The van der Waals surface area contributed by atoms with Crippen LogP contribution in [0.5, 0.6) is 0 Å². The summed E-state index contributed by atoms with van der Waals surface area (Å²) in [6.45, 7) is 3.13. The van der Waals surface area contributed by atoms with Gasteiger partial charge in [0, 0.05) is 24.4 Å². The zero-order chi connectivity index (χ0) is 10.8. The van der Waals surface area contributed by atoms with Gasteiger partial charge in [-0.25, -0.2) is 0 Å². The Kier molecular flexibility index (Phi) is 3.55. The minimum absolute atomic E-state index is 0.334. The Bertz CT molecular complexity index is 242. The molecule has 0 aromatic heterocycles. The third-order valence-electron chi connectivity index (χ3n) is 3.78. The van der Waals surface area contributed by atoms with Crippen LogP contribution in [0.1, 0.15) is 39.0 Å². The van der Waals surface area contributed by atoms with Crippen molar-refractivity contribution in [2.24, 2.45) is 11.8 Å². The van der Waals surface area contributed by atoms with Crippen LogP contribution in [0.25, 0.3) is 0 Å². The Balaban J connectivity index is 1.94. The molecule has 3 unspecified atom stereocenters. The number of amides is 1. The first-order chi connectivity index (χ1) is 7.24. The second-order valence-electron chi connectivity index (χ2n) is 4.98. The maximum absolute atomic E-state index is 12.1. The predicted octanol–water partition coefficient (Wildman–Crippen LogP) is 2.65. The van der Waals surface area contributed by atoms with Gasteiger partial charge in [-0.2, -0.15) is 0 Å². The molecule has 2 rings (SSSR count). The Morgan fingerprint density at radius 2 is 2.20 bits per heavy atom. The Morgan fingerprint density at radius 3 is 2.80 bits per heavy atom. The molecule has 1 saturated carbocycles. The summed E-state index contributed by atoms with van der Waals surface area (Å²) in [5.41, 5.74) is 0. The molecule has 0 bridgehead atoms. The Morgan fingerprint density at radius 1 is 1.47 bits per heavy atom. The van der Waals surface area contributed by atoms with Crippen LogP contribution < -0.4 is 0 Å². The number of nitrogens with zero attached hydrogens (tertiary/aromatic N) is 1. The van der Waals surface area contributed by atoms with E-state index in [9.17, 15) is 4.79 Å². The lowest BCUT2D eigenvalue weighted by Crippen LogP contribution is -2.44. The number of rotatable bonds is 3. The van der Waals surface area contributed by atoms with Crippen molar-refractivity contribution >= 4 is 17.5 Å². The van der Waals surface area contributed by atoms with Gasteiger partial charge in [-0.05, 0) is 38.0 Å². The highest BCUT2D eigenvalue weighted by Gasteiger charge is 2.43. The first-order valence-corrected chi connectivity index (χ1v) is 6.64. The van der Waals surface area contributed by atoms with Crippen molar-refractivity contribution in [3.05, 3.63) is 0 Å². The van der Waals surface area contributed by atoms with Crippen LogP contribution in [0.2, 0.25) is 0 Å². The van der Waals surface area contributed by atoms with Crippen LogP contribution in [0.15, 0.2) is 0 Å². The van der Waals surface area contributed by atoms with Crippen LogP contribution in [0.3, 0.4) is 0 Å². The molecule has 1 amide bonds. The van der Waals surface area contributed by atoms with E-state index in [4.69, 9.17) is 11.6 Å². The molecule has 1 aliphatic carbocycles. The number of carbonyl (C=O) groups is 1. The molecule has 0 N–H and O–H groups in total. The molecule has 0 radical (unpaired) electrons. The standard InChI is InChI=1S/C12H20ClNO/c1-9-8-11(9)12(15)14-7-3-2-4-10(14)5-6-13/h9-11H,2-8H2,1H3. The predicted molar refractivity (Wildman–Crippen MR) is 62.0 cm³/mol. The lowest BCUT2D eigenvalue weighted by atomic mass is 9.99. The molecule has 2 nitrogen and oxygen atoms in total. The van der Waals surface area contributed by atoms with Gasteiger partial charge >= 0.3 is 0 Å². The SMILES string of the molecule is CC1CC1C(=O)N1CCCCC1CCCl. The van der Waals surface area contributed by atoms with Gasteiger partial charge < -0.3 is 4.90 Å². The molecule has 0 spiro atoms. The lowest BCUT2D eigenvalue weighted by Gasteiger charge is -2.35. The summed E-state index contributed by atoms with van der Waals surface area (Å²) in [5, 5.41) is 0. The van der Waals surface area contributed by atoms with Crippen molar-refractivity contribution in [1.29, 1.82) is 0 Å². The molecular weight excluding hydrogens is 210 g/mol. The maximum atomic E-state index is 12.1. The minimum atomic E-state index is 0.334. The molecule has 0 aromatic rings. The van der Waals surface area contributed by atoms with E-state index in [2.05, 4.69) is 11.8 Å². The molecule has 2 aliphatic rings. The summed E-state index contributed by atoms with van der Waals surface area (Å²) in [6, 6.07) is 0.427. The first-order valence-electron chi connectivity index (χ1n) is 6.10. The summed E-state index contributed by atoms with van der Waals surface area (Å²) in [7, 11) is 0. The number of carbonyl (C=O) groups excluding carboxylic acids is 1. The van der Waals surface area contributed by atoms with E-state index < -0.39 is 0 Å². The van der Waals surface area contributed by atoms with Gasteiger partial charge in [0.15, 0.2) is 0 Å². The quantitative estimate of drug-likeness (QED) is 0.682. The highest BCUT2D eigenvalue weighted by atomic mass is 35.5. The monoisotopic (exact) mass is 229 g/mol. The second kappa shape index (κ2) is 4.73. The van der Waals surface area contributed by atoms with Gasteiger partial charge in [-0.15, -0.1) is 11.6 Å². The molecule has 86 valence electrons. The van der Waals surface area contributed by atoms with Crippen molar-refractivity contribution in [2.75, 3.05) is 12.4 Å². The molecule has 3 heteroatoms. The van der Waals surface area contributed by atoms with Crippen LogP contribution in [0, 0.1) is 11.8 Å². The molecule has 2 fully saturated rings. The van der Waals surface area contributed by atoms with Gasteiger partial charge in [0.2, 0.25) is 5.91 Å². The number of alkyl halides is 1. The van der Waals surface area contributed by atoms with Crippen molar-refractivity contribution in [3.63, 3.8) is 0 Å². The molecule has 1 aliphatic heterocycles. The van der Waals surface area contributed by atoms with Gasteiger partial charge in [-0.1, -0.05) is 6.92 Å². The minimum Gasteiger partial charge on any atom is -0.339 e. The van der Waals surface area contributed by atoms with E-state index >= 15 is 0 Å². The summed E-state index contributed by atoms with van der Waals surface area (Å²) < 4.78 is 0. The van der Waals surface area contributed by atoms with E-state index in [1.54, 1.807) is 0 Å². The van der Waals surface area contributed by atoms with Crippen molar-refractivity contribution in [1.82, 2.24) is 4.90 Å². The fraction of sp³-hybridized carbons (Fsp3) is 0.917. The fourth-order valence-corrected chi connectivity index (χ4v) is 2.85. The largest absolute Gasteiger partial charge is 0.339 e. The lowest BCUT2D eigenvalue weighted by molar-refractivity contribution is -0.136. The summed E-state index contributed by atoms with van der Waals surface area (Å²) in [4.78, 5) is 14.3. The number of hydrogen-bond acceptors (Lipinski definition) is 1. The molecule has 1 heterocycles. The Labute approximate surface area is 97.0 Å². The maximum Gasteiger partial charge on any atom is 0.226 e. The summed E-state index contributed by atoms with van der Waals surface area (Å²) >= 11 is 5.79. The van der Waals surface area contributed by atoms with Gasteiger partial charge in [0.05, 0.1) is 0 Å². The topological polar surface area (TPSA) is 20.3 Å². The summed E-state index contributed by atoms with van der Waals surface area (Å²) in [6.07, 6.45) is 5.65. The van der Waals surface area contributed by atoms with Crippen molar-refractivity contribution in [3.8, 4) is 0 Å². The van der Waals surface area contributed by atoms with E-state index in [1.807, 2.05) is 0 Å². The van der Waals surface area contributed by atoms with Gasteiger partial charge in [0.25, 0.3) is 0 Å². The number of halogens is 1. The fourth-order valence-electron chi connectivity index (χ4n) is 2.60. The normalized spacial score (nSPS) is 35.3. The second-order valence-corrected chi connectivity index (χ2v) is 5.36. The molecule has 3 atom stereocenters. The zero-order valence-corrected chi connectivity index (χ0v) is 10.2. The first kappa shape index (κ1) is 11.3. The highest BCUT2D eigenvalue weighted by molar-refractivity contribution is 6.17. The highest BCUT2D eigenvalue weighted by Crippen LogP contribution is 2.40. The molecule has 0 aromatic carbocycles. The zero-order valence-electron chi connectivity index (χ0n) is 9.42. The van der Waals surface area contributed by atoms with Crippen molar-refractivity contribution in [2.45, 2.75) is 45.1 Å². The number of likely N-dealkylation sites (tertiary alicyclic amines) is 1. The number of hydrogen-bond donors (Lipinski definition) is 0. The average molecular weight is 230 g/mol. The van der Waals surface area contributed by atoms with Crippen LogP contribution in [0.4, 0.5) is 0 Å². The molecule has 15 heavy (non-hydrogen) atoms. The smallest absolute Gasteiger partial charge is 0.226 e. The van der Waals surface area contributed by atoms with E-state index in [-0.39, 0.29) is 0 Å². The van der Waals surface area contributed by atoms with Crippen LogP contribution >= 0.6 is 11.6 Å². The summed E-state index contributed by atoms with van der Waals surface area (Å²) in [5.74, 6) is 2.03. The van der Waals surface area contributed by atoms with Gasteiger partial charge in [-0.3, -0.25) is 4.79 Å².